The van der Waals surface area contributed by atoms with Gasteiger partial charge in [0.25, 0.3) is 5.91 Å². The predicted octanol–water partition coefficient (Wildman–Crippen LogP) is 2.68. The summed E-state index contributed by atoms with van der Waals surface area (Å²) in [6, 6.07) is 8.71. The second-order valence-electron chi connectivity index (χ2n) is 5.95. The summed E-state index contributed by atoms with van der Waals surface area (Å²) < 4.78 is 40.4. The second kappa shape index (κ2) is 6.26. The van der Waals surface area contributed by atoms with Crippen molar-refractivity contribution < 1.29 is 18.0 Å². The van der Waals surface area contributed by atoms with E-state index in [2.05, 4.69) is 10.2 Å². The van der Waals surface area contributed by atoms with Crippen LogP contribution in [0.5, 0.6) is 0 Å². The molecule has 1 unspecified atom stereocenters. The van der Waals surface area contributed by atoms with Crippen molar-refractivity contribution in [2.24, 2.45) is 5.92 Å². The van der Waals surface area contributed by atoms with Crippen LogP contribution < -0.4 is 0 Å². The molecule has 128 valence electrons. The van der Waals surface area contributed by atoms with Crippen LogP contribution in [-0.4, -0.2) is 38.8 Å². The molecular formula is C16H17F3N4O. The zero-order valence-electron chi connectivity index (χ0n) is 13.1. The number of aryl methyl sites for hydroxylation is 1. The number of carbonyl (C=O) groups is 1. The lowest BCUT2D eigenvalue weighted by Crippen LogP contribution is -2.34. The summed E-state index contributed by atoms with van der Waals surface area (Å²) in [6.45, 7) is -0.0696. The number of hydrogen-bond donors (Lipinski definition) is 0. The molecule has 1 aliphatic rings. The van der Waals surface area contributed by atoms with Gasteiger partial charge in [0.05, 0.1) is 12.5 Å². The van der Waals surface area contributed by atoms with Crippen LogP contribution in [0, 0.1) is 5.92 Å². The van der Waals surface area contributed by atoms with E-state index in [1.807, 2.05) is 6.07 Å². The van der Waals surface area contributed by atoms with Crippen molar-refractivity contribution in [2.75, 3.05) is 7.05 Å². The first-order valence-electron chi connectivity index (χ1n) is 7.64. The highest BCUT2D eigenvalue weighted by molar-refractivity contribution is 5.93. The highest BCUT2D eigenvalue weighted by Gasteiger charge is 2.42. The van der Waals surface area contributed by atoms with Gasteiger partial charge in [-0.05, 0) is 18.6 Å². The molecule has 3 rings (SSSR count). The van der Waals surface area contributed by atoms with Gasteiger partial charge in [-0.1, -0.05) is 18.2 Å². The quantitative estimate of drug-likeness (QED) is 0.865. The molecule has 0 fully saturated rings. The maximum absolute atomic E-state index is 13.0. The molecule has 1 amide bonds. The molecule has 24 heavy (non-hydrogen) atoms. The van der Waals surface area contributed by atoms with Gasteiger partial charge < -0.3 is 9.47 Å². The third-order valence-corrected chi connectivity index (χ3v) is 4.23. The number of rotatable bonds is 3. The number of amides is 1. The third-order valence-electron chi connectivity index (χ3n) is 4.23. The highest BCUT2D eigenvalue weighted by Crippen LogP contribution is 2.34. The van der Waals surface area contributed by atoms with E-state index in [0.29, 0.717) is 17.2 Å². The largest absolute Gasteiger partial charge is 0.393 e. The van der Waals surface area contributed by atoms with E-state index in [4.69, 9.17) is 0 Å². The van der Waals surface area contributed by atoms with Gasteiger partial charge in [-0.15, -0.1) is 10.2 Å². The third kappa shape index (κ3) is 3.27. The molecule has 0 saturated carbocycles. The zero-order chi connectivity index (χ0) is 17.3. The predicted molar refractivity (Wildman–Crippen MR) is 80.1 cm³/mol. The number of nitrogens with zero attached hydrogens (tertiary/aromatic N) is 4. The van der Waals surface area contributed by atoms with Crippen LogP contribution in [0.1, 0.15) is 28.4 Å². The molecule has 1 aromatic carbocycles. The normalized spacial score (nSPS) is 17.4. The molecule has 2 aromatic rings. The van der Waals surface area contributed by atoms with Crippen LogP contribution in [-0.2, 0) is 19.5 Å². The maximum Gasteiger partial charge on any atom is 0.393 e. The first-order valence-corrected chi connectivity index (χ1v) is 7.64. The topological polar surface area (TPSA) is 51.0 Å². The Morgan fingerprint density at radius 2 is 2.00 bits per heavy atom. The van der Waals surface area contributed by atoms with Gasteiger partial charge in [-0.2, -0.15) is 13.2 Å². The molecular weight excluding hydrogens is 321 g/mol. The Bertz CT molecular complexity index is 727. The lowest BCUT2D eigenvalue weighted by Gasteiger charge is -2.27. The van der Waals surface area contributed by atoms with Gasteiger partial charge in [0.1, 0.15) is 5.82 Å². The fourth-order valence-electron chi connectivity index (χ4n) is 2.85. The molecule has 0 radical (unpaired) electrons. The van der Waals surface area contributed by atoms with Crippen molar-refractivity contribution in [2.45, 2.75) is 32.1 Å². The van der Waals surface area contributed by atoms with Crippen LogP contribution in [0.25, 0.3) is 0 Å². The van der Waals surface area contributed by atoms with Gasteiger partial charge in [0.2, 0.25) is 0 Å². The fraction of sp³-hybridized carbons (Fsp3) is 0.438. The van der Waals surface area contributed by atoms with Crippen LogP contribution in [0.2, 0.25) is 0 Å². The van der Waals surface area contributed by atoms with E-state index >= 15 is 0 Å². The summed E-state index contributed by atoms with van der Waals surface area (Å²) in [5.74, 6) is -0.678. The Morgan fingerprint density at radius 3 is 2.67 bits per heavy atom. The van der Waals surface area contributed by atoms with E-state index in [1.165, 1.54) is 9.47 Å². The van der Waals surface area contributed by atoms with Crippen molar-refractivity contribution in [1.29, 1.82) is 0 Å². The monoisotopic (exact) mass is 338 g/mol. The lowest BCUT2D eigenvalue weighted by atomic mass is 9.99. The average Bonchev–Trinajstić information content (AvgIpc) is 2.96. The Balaban J connectivity index is 1.75. The Labute approximate surface area is 137 Å². The summed E-state index contributed by atoms with van der Waals surface area (Å²) in [7, 11) is 1.60. The highest BCUT2D eigenvalue weighted by atomic mass is 19.4. The number of benzene rings is 1. The second-order valence-corrected chi connectivity index (χ2v) is 5.95. The summed E-state index contributed by atoms with van der Waals surface area (Å²) in [5, 5.41) is 7.95. The van der Waals surface area contributed by atoms with Crippen LogP contribution >= 0.6 is 0 Å². The summed E-state index contributed by atoms with van der Waals surface area (Å²) in [6.07, 6.45) is -3.96. The molecule has 0 spiro atoms. The molecule has 1 aromatic heterocycles. The summed E-state index contributed by atoms with van der Waals surface area (Å²) in [5.41, 5.74) is 0.520. The van der Waals surface area contributed by atoms with Gasteiger partial charge in [0, 0.05) is 25.6 Å². The van der Waals surface area contributed by atoms with Crippen molar-refractivity contribution in [3.8, 4) is 0 Å². The number of fused-ring (bicyclic) bond motifs is 1. The number of hydrogen-bond acceptors (Lipinski definition) is 3. The molecule has 1 atom stereocenters. The van der Waals surface area contributed by atoms with Crippen molar-refractivity contribution >= 4 is 5.91 Å². The number of alkyl halides is 3. The van der Waals surface area contributed by atoms with Gasteiger partial charge >= 0.3 is 6.18 Å². The van der Waals surface area contributed by atoms with Crippen LogP contribution in [0.3, 0.4) is 0 Å². The smallest absolute Gasteiger partial charge is 0.334 e. The van der Waals surface area contributed by atoms with Crippen LogP contribution in [0.4, 0.5) is 13.2 Å². The fourth-order valence-corrected chi connectivity index (χ4v) is 2.85. The van der Waals surface area contributed by atoms with E-state index in [0.717, 1.165) is 0 Å². The minimum absolute atomic E-state index is 0.0282. The van der Waals surface area contributed by atoms with E-state index < -0.39 is 12.1 Å². The molecule has 0 saturated heterocycles. The van der Waals surface area contributed by atoms with Gasteiger partial charge in [-0.25, -0.2) is 0 Å². The zero-order valence-corrected chi connectivity index (χ0v) is 13.1. The molecule has 8 heteroatoms. The number of carbonyl (C=O) groups excluding carboxylic acids is 1. The minimum atomic E-state index is -4.23. The summed E-state index contributed by atoms with van der Waals surface area (Å²) >= 11 is 0. The first-order chi connectivity index (χ1) is 11.4. The Kier molecular flexibility index (Phi) is 4.29. The Hall–Kier alpha value is -2.38. The maximum atomic E-state index is 13.0. The molecule has 0 bridgehead atoms. The average molecular weight is 338 g/mol. The molecule has 2 heterocycles. The standard InChI is InChI=1S/C16H17F3N4O/c1-22(15(24)11-5-3-2-4-6-11)10-14-21-20-13-8-7-12(9-23(13)14)16(17,18)19/h2-6,12H,7-10H2,1H3. The van der Waals surface area contributed by atoms with Gasteiger partial charge in [0.15, 0.2) is 5.82 Å². The molecule has 1 aliphatic heterocycles. The minimum Gasteiger partial charge on any atom is -0.334 e. The number of halogens is 3. The van der Waals surface area contributed by atoms with Crippen molar-refractivity contribution in [1.82, 2.24) is 19.7 Å². The van der Waals surface area contributed by atoms with Gasteiger partial charge in [-0.3, -0.25) is 4.79 Å². The van der Waals surface area contributed by atoms with Crippen molar-refractivity contribution in [3.63, 3.8) is 0 Å². The lowest BCUT2D eigenvalue weighted by molar-refractivity contribution is -0.182. The van der Waals surface area contributed by atoms with E-state index in [9.17, 15) is 18.0 Å². The SMILES string of the molecule is CN(Cc1nnc2n1CC(C(F)(F)F)CC2)C(=O)c1ccccc1. The molecule has 0 N–H and O–H groups in total. The Morgan fingerprint density at radius 1 is 1.29 bits per heavy atom. The molecule has 0 aliphatic carbocycles. The molecule has 5 nitrogen and oxygen atoms in total. The van der Waals surface area contributed by atoms with Crippen molar-refractivity contribution in [3.05, 3.63) is 47.5 Å². The first kappa shape index (κ1) is 16.5. The van der Waals surface area contributed by atoms with Crippen LogP contribution in [0.15, 0.2) is 30.3 Å². The van der Waals surface area contributed by atoms with E-state index in [1.54, 1.807) is 31.3 Å². The van der Waals surface area contributed by atoms with E-state index in [-0.39, 0.29) is 31.8 Å². The summed E-state index contributed by atoms with van der Waals surface area (Å²) in [4.78, 5) is 13.8. The number of aromatic nitrogens is 3.